The number of hydrogen-bond donors (Lipinski definition) is 2. The Hall–Kier alpha value is -0.570. The van der Waals surface area contributed by atoms with Gasteiger partial charge in [0.15, 0.2) is 0 Å². The quantitative estimate of drug-likeness (QED) is 0.327. The molecule has 0 saturated heterocycles. The average Bonchev–Trinajstić information content (AvgIpc) is 1.94. The summed E-state index contributed by atoms with van der Waals surface area (Å²) in [6.45, 7) is 5.46. The zero-order valence-corrected chi connectivity index (χ0v) is 6.52. The topological polar surface area (TPSA) is 50.4 Å². The lowest BCUT2D eigenvalue weighted by Gasteiger charge is -1.90. The number of nitrogens with two attached hydrogens (primary N) is 1. The molecular formula is C6H17N3. The van der Waals surface area contributed by atoms with Gasteiger partial charge in [-0.3, -0.25) is 4.99 Å². The molecule has 0 heterocycles. The van der Waals surface area contributed by atoms with Crippen LogP contribution in [0.5, 0.6) is 0 Å². The third-order valence-corrected chi connectivity index (χ3v) is 0.509. The zero-order chi connectivity index (χ0) is 7.54. The van der Waals surface area contributed by atoms with Crippen molar-refractivity contribution in [2.24, 2.45) is 10.7 Å². The molecule has 0 aromatic heterocycles. The number of nitrogens with zero attached hydrogens (tertiary/aromatic N) is 1. The van der Waals surface area contributed by atoms with E-state index in [4.69, 9.17) is 5.73 Å². The minimum atomic E-state index is 0.659. The van der Waals surface area contributed by atoms with Gasteiger partial charge in [-0.15, -0.1) is 0 Å². The maximum Gasteiger partial charge on any atom is 0.0820 e. The van der Waals surface area contributed by atoms with Crippen LogP contribution in [0.25, 0.3) is 0 Å². The summed E-state index contributed by atoms with van der Waals surface area (Å²) >= 11 is 0. The second kappa shape index (κ2) is 15.7. The Kier molecular flexibility index (Phi) is 19.6. The predicted molar refractivity (Wildman–Crippen MR) is 42.8 cm³/mol. The van der Waals surface area contributed by atoms with Gasteiger partial charge in [0.2, 0.25) is 0 Å². The molecule has 3 nitrogen and oxygen atoms in total. The lowest BCUT2D eigenvalue weighted by atomic mass is 10.7. The van der Waals surface area contributed by atoms with Gasteiger partial charge in [-0.05, 0) is 0 Å². The number of rotatable bonds is 3. The molecule has 9 heavy (non-hydrogen) atoms. The van der Waals surface area contributed by atoms with Gasteiger partial charge in [-0.1, -0.05) is 13.8 Å². The first kappa shape index (κ1) is 11.3. The second-order valence-electron chi connectivity index (χ2n) is 1.13. The average molecular weight is 131 g/mol. The molecule has 3 heteroatoms. The van der Waals surface area contributed by atoms with Crippen molar-refractivity contribution in [1.29, 1.82) is 0 Å². The van der Waals surface area contributed by atoms with Gasteiger partial charge in [-0.2, -0.15) is 0 Å². The highest BCUT2D eigenvalue weighted by atomic mass is 14.9. The van der Waals surface area contributed by atoms with Crippen molar-refractivity contribution >= 4 is 6.34 Å². The Morgan fingerprint density at radius 1 is 1.56 bits per heavy atom. The van der Waals surface area contributed by atoms with Crippen LogP contribution in [0.3, 0.4) is 0 Å². The Morgan fingerprint density at radius 3 is 2.44 bits per heavy atom. The van der Waals surface area contributed by atoms with E-state index in [-0.39, 0.29) is 0 Å². The largest absolute Gasteiger partial charge is 0.375 e. The van der Waals surface area contributed by atoms with Crippen LogP contribution >= 0.6 is 0 Å². The highest BCUT2D eigenvalue weighted by Gasteiger charge is 1.69. The molecule has 0 aliphatic rings. The number of hydrogen-bond acceptors (Lipinski definition) is 2. The molecule has 0 unspecified atom stereocenters. The Morgan fingerprint density at radius 2 is 2.11 bits per heavy atom. The van der Waals surface area contributed by atoms with Crippen molar-refractivity contribution in [3.63, 3.8) is 0 Å². The molecule has 0 aliphatic heterocycles. The lowest BCUT2D eigenvalue weighted by molar-refractivity contribution is 0.887. The van der Waals surface area contributed by atoms with E-state index in [2.05, 4.69) is 10.3 Å². The summed E-state index contributed by atoms with van der Waals surface area (Å²) in [5.74, 6) is 0. The van der Waals surface area contributed by atoms with Gasteiger partial charge in [-0.25, -0.2) is 0 Å². The molecule has 0 spiro atoms. The maximum absolute atomic E-state index is 5.15. The van der Waals surface area contributed by atoms with Crippen molar-refractivity contribution in [3.8, 4) is 0 Å². The summed E-state index contributed by atoms with van der Waals surface area (Å²) in [6, 6.07) is 0. The first-order chi connectivity index (χ1) is 4.41. The minimum Gasteiger partial charge on any atom is -0.375 e. The van der Waals surface area contributed by atoms with Gasteiger partial charge < -0.3 is 11.1 Å². The summed E-state index contributed by atoms with van der Waals surface area (Å²) in [4.78, 5) is 3.68. The molecule has 56 valence electrons. The fourth-order valence-electron chi connectivity index (χ4n) is 0.239. The molecule has 0 saturated carbocycles. The highest BCUT2D eigenvalue weighted by molar-refractivity contribution is 5.53. The van der Waals surface area contributed by atoms with Gasteiger partial charge >= 0.3 is 0 Å². The molecule has 0 atom stereocenters. The molecule has 3 N–H and O–H groups in total. The number of aliphatic imine (C=N–C) groups is 1. The molecule has 0 aromatic carbocycles. The van der Waals surface area contributed by atoms with Gasteiger partial charge in [0.25, 0.3) is 0 Å². The molecular weight excluding hydrogens is 114 g/mol. The fraction of sp³-hybridized carbons (Fsp3) is 0.833. The smallest absolute Gasteiger partial charge is 0.0820 e. The molecule has 0 aliphatic carbocycles. The van der Waals surface area contributed by atoms with Crippen LogP contribution in [0.2, 0.25) is 0 Å². The van der Waals surface area contributed by atoms with Crippen LogP contribution in [-0.2, 0) is 0 Å². The van der Waals surface area contributed by atoms with E-state index in [1.165, 1.54) is 0 Å². The van der Waals surface area contributed by atoms with Crippen LogP contribution in [-0.4, -0.2) is 26.5 Å². The standard InChI is InChI=1S/C4H11N3.C2H6/c1-6-4-7-3-2-5;1-2/h4H,2-3,5H2,1H3,(H,6,7);1-2H3. The Bertz CT molecular complexity index is 52.3. The fourth-order valence-corrected chi connectivity index (χ4v) is 0.239. The Balaban J connectivity index is 0. The van der Waals surface area contributed by atoms with E-state index in [1.807, 2.05) is 13.8 Å². The van der Waals surface area contributed by atoms with Crippen molar-refractivity contribution in [2.45, 2.75) is 13.8 Å². The van der Waals surface area contributed by atoms with E-state index >= 15 is 0 Å². The van der Waals surface area contributed by atoms with Crippen LogP contribution in [0.4, 0.5) is 0 Å². The lowest BCUT2D eigenvalue weighted by Crippen LogP contribution is -2.20. The summed E-state index contributed by atoms with van der Waals surface area (Å²) < 4.78 is 0. The van der Waals surface area contributed by atoms with Crippen LogP contribution in [0, 0.1) is 0 Å². The summed E-state index contributed by atoms with van der Waals surface area (Å²) in [5, 5.41) is 2.87. The first-order valence-corrected chi connectivity index (χ1v) is 3.26. The molecule has 0 bridgehead atoms. The van der Waals surface area contributed by atoms with E-state index in [9.17, 15) is 0 Å². The predicted octanol–water partition coefficient (Wildman–Crippen LogP) is 0.219. The van der Waals surface area contributed by atoms with E-state index in [0.717, 1.165) is 6.54 Å². The molecule has 0 rings (SSSR count). The van der Waals surface area contributed by atoms with Crippen LogP contribution in [0.15, 0.2) is 4.99 Å². The third-order valence-electron chi connectivity index (χ3n) is 0.509. The zero-order valence-electron chi connectivity index (χ0n) is 6.52. The van der Waals surface area contributed by atoms with E-state index in [0.29, 0.717) is 6.54 Å². The summed E-state index contributed by atoms with van der Waals surface area (Å²) in [5.41, 5.74) is 5.15. The van der Waals surface area contributed by atoms with Crippen molar-refractivity contribution in [1.82, 2.24) is 5.32 Å². The molecule has 0 aromatic rings. The van der Waals surface area contributed by atoms with Gasteiger partial charge in [0.1, 0.15) is 0 Å². The number of nitrogens with one attached hydrogen (secondary N) is 1. The molecule has 0 amide bonds. The normalized spacial score (nSPS) is 8.44. The summed E-state index contributed by atoms with van der Waals surface area (Å²) in [7, 11) is 1.71. The van der Waals surface area contributed by atoms with Crippen LogP contribution < -0.4 is 11.1 Å². The van der Waals surface area contributed by atoms with Crippen molar-refractivity contribution in [3.05, 3.63) is 0 Å². The van der Waals surface area contributed by atoms with Crippen molar-refractivity contribution < 1.29 is 0 Å². The SMILES string of the molecule is CC.CN=CNCCN. The Labute approximate surface area is 57.4 Å². The highest BCUT2D eigenvalue weighted by Crippen LogP contribution is 1.46. The minimum absolute atomic E-state index is 0.659. The van der Waals surface area contributed by atoms with Gasteiger partial charge in [0.05, 0.1) is 6.34 Å². The third kappa shape index (κ3) is 18.6. The maximum atomic E-state index is 5.15. The van der Waals surface area contributed by atoms with Crippen LogP contribution in [0.1, 0.15) is 13.8 Å². The first-order valence-electron chi connectivity index (χ1n) is 3.26. The van der Waals surface area contributed by atoms with E-state index in [1.54, 1.807) is 13.4 Å². The summed E-state index contributed by atoms with van der Waals surface area (Å²) in [6.07, 6.45) is 1.63. The molecule has 0 radical (unpaired) electrons. The van der Waals surface area contributed by atoms with Crippen molar-refractivity contribution in [2.75, 3.05) is 20.1 Å². The van der Waals surface area contributed by atoms with Gasteiger partial charge in [0, 0.05) is 20.1 Å². The van der Waals surface area contributed by atoms with E-state index < -0.39 is 0 Å². The monoisotopic (exact) mass is 131 g/mol. The second-order valence-corrected chi connectivity index (χ2v) is 1.13. The molecule has 0 fully saturated rings.